The Kier molecular flexibility index (Phi) is 5.04. The van der Waals surface area contributed by atoms with Crippen LogP contribution in [0.4, 0.5) is 0 Å². The Morgan fingerprint density at radius 2 is 2.04 bits per heavy atom. The van der Waals surface area contributed by atoms with E-state index in [9.17, 15) is 0 Å². The van der Waals surface area contributed by atoms with Gasteiger partial charge in [-0.15, -0.1) is 0 Å². The molecule has 0 bridgehead atoms. The number of aromatic nitrogens is 1. The SMILES string of the molecule is CC[C@@H]1CSC2=N[C@@H](c3ccccn3)[C@H](c3cc(Cl)c(OC)c(Cl)c3)N21. The molecule has 0 N–H and O–H groups in total. The maximum absolute atomic E-state index is 6.43. The van der Waals surface area contributed by atoms with E-state index in [0.29, 0.717) is 21.8 Å². The van der Waals surface area contributed by atoms with Gasteiger partial charge in [-0.1, -0.05) is 48.0 Å². The molecule has 2 aromatic rings. The molecule has 7 heteroatoms. The van der Waals surface area contributed by atoms with Crippen molar-refractivity contribution in [3.63, 3.8) is 0 Å². The van der Waals surface area contributed by atoms with Crippen molar-refractivity contribution in [2.45, 2.75) is 31.5 Å². The average Bonchev–Trinajstić information content (AvgIpc) is 3.21. The van der Waals surface area contributed by atoms with Gasteiger partial charge in [0.2, 0.25) is 0 Å². The Bertz CT molecular complexity index is 823. The molecule has 4 rings (SSSR count). The van der Waals surface area contributed by atoms with Crippen molar-refractivity contribution in [1.29, 1.82) is 0 Å². The quantitative estimate of drug-likeness (QED) is 0.681. The molecule has 3 heterocycles. The minimum atomic E-state index is -0.0754. The Labute approximate surface area is 167 Å². The van der Waals surface area contributed by atoms with Crippen molar-refractivity contribution in [3.05, 3.63) is 57.8 Å². The molecule has 1 aromatic carbocycles. The number of halogens is 2. The van der Waals surface area contributed by atoms with E-state index in [-0.39, 0.29) is 12.1 Å². The van der Waals surface area contributed by atoms with Gasteiger partial charge in [0, 0.05) is 18.0 Å². The van der Waals surface area contributed by atoms with E-state index in [4.69, 9.17) is 32.9 Å². The number of pyridine rings is 1. The molecule has 4 nitrogen and oxygen atoms in total. The highest BCUT2D eigenvalue weighted by Crippen LogP contribution is 2.50. The highest BCUT2D eigenvalue weighted by atomic mass is 35.5. The maximum Gasteiger partial charge on any atom is 0.160 e. The zero-order valence-corrected chi connectivity index (χ0v) is 16.9. The standard InChI is InChI=1S/C19H19Cl2N3OS/c1-3-12-10-26-19-23-16(15-6-4-5-7-22-15)17(24(12)19)11-8-13(20)18(25-2)14(21)9-11/h4-9,12,16-17H,3,10H2,1-2H3/t12-,16+,17+/m1/s1. The van der Waals surface area contributed by atoms with Crippen LogP contribution in [0, 0.1) is 0 Å². The second-order valence-corrected chi connectivity index (χ2v) is 8.16. The van der Waals surface area contributed by atoms with Crippen molar-refractivity contribution in [2.75, 3.05) is 12.9 Å². The summed E-state index contributed by atoms with van der Waals surface area (Å²) in [6.45, 7) is 2.22. The maximum atomic E-state index is 6.43. The van der Waals surface area contributed by atoms with Gasteiger partial charge in [0.25, 0.3) is 0 Å². The summed E-state index contributed by atoms with van der Waals surface area (Å²) < 4.78 is 5.31. The third-order valence-corrected chi connectivity index (χ3v) is 6.58. The fourth-order valence-electron chi connectivity index (χ4n) is 3.66. The third kappa shape index (κ3) is 2.96. The van der Waals surface area contributed by atoms with Crippen LogP contribution in [0.3, 0.4) is 0 Å². The Hall–Kier alpha value is -1.43. The van der Waals surface area contributed by atoms with E-state index in [1.165, 1.54) is 0 Å². The second kappa shape index (κ2) is 7.29. The van der Waals surface area contributed by atoms with Gasteiger partial charge in [0.15, 0.2) is 10.9 Å². The highest BCUT2D eigenvalue weighted by Gasteiger charge is 2.45. The third-order valence-electron chi connectivity index (χ3n) is 4.90. The topological polar surface area (TPSA) is 37.7 Å². The van der Waals surface area contributed by atoms with Gasteiger partial charge in [0.05, 0.1) is 28.9 Å². The predicted octanol–water partition coefficient (Wildman–Crippen LogP) is 5.38. The number of hydrogen-bond acceptors (Lipinski definition) is 5. The summed E-state index contributed by atoms with van der Waals surface area (Å²) in [6, 6.07) is 10.2. The van der Waals surface area contributed by atoms with Crippen molar-refractivity contribution >= 4 is 40.1 Å². The number of thioether (sulfide) groups is 1. The molecular weight excluding hydrogens is 389 g/mol. The molecule has 0 amide bonds. The first kappa shape index (κ1) is 18.0. The second-order valence-electron chi connectivity index (χ2n) is 6.35. The first-order valence-electron chi connectivity index (χ1n) is 8.56. The summed E-state index contributed by atoms with van der Waals surface area (Å²) >= 11 is 14.7. The summed E-state index contributed by atoms with van der Waals surface area (Å²) in [5, 5.41) is 2.12. The van der Waals surface area contributed by atoms with Crippen molar-refractivity contribution in [1.82, 2.24) is 9.88 Å². The molecule has 2 aliphatic rings. The number of hydrogen-bond donors (Lipinski definition) is 0. The summed E-state index contributed by atoms with van der Waals surface area (Å²) in [7, 11) is 1.57. The normalized spacial score (nSPS) is 24.5. The van der Waals surface area contributed by atoms with E-state index in [0.717, 1.165) is 28.6 Å². The molecule has 0 saturated carbocycles. The van der Waals surface area contributed by atoms with Crippen molar-refractivity contribution in [2.24, 2.45) is 4.99 Å². The molecule has 0 aliphatic carbocycles. The number of methoxy groups -OCH3 is 1. The van der Waals surface area contributed by atoms with Gasteiger partial charge in [-0.2, -0.15) is 0 Å². The molecule has 3 atom stereocenters. The van der Waals surface area contributed by atoms with Crippen LogP contribution >= 0.6 is 35.0 Å². The molecule has 136 valence electrons. The van der Waals surface area contributed by atoms with E-state index in [1.54, 1.807) is 7.11 Å². The minimum Gasteiger partial charge on any atom is -0.494 e. The van der Waals surface area contributed by atoms with Crippen LogP contribution in [0.2, 0.25) is 10.0 Å². The molecule has 1 saturated heterocycles. The van der Waals surface area contributed by atoms with Crippen molar-refractivity contribution in [3.8, 4) is 5.75 Å². The number of rotatable bonds is 4. The number of nitrogens with zero attached hydrogens (tertiary/aromatic N) is 3. The number of amidine groups is 1. The molecule has 1 fully saturated rings. The van der Waals surface area contributed by atoms with Crippen LogP contribution < -0.4 is 4.74 Å². The number of ether oxygens (including phenoxy) is 1. The predicted molar refractivity (Wildman–Crippen MR) is 109 cm³/mol. The fourth-order valence-corrected chi connectivity index (χ4v) is 5.65. The van der Waals surface area contributed by atoms with E-state index in [1.807, 2.05) is 48.3 Å². The molecule has 2 aliphatic heterocycles. The number of benzene rings is 1. The monoisotopic (exact) mass is 407 g/mol. The van der Waals surface area contributed by atoms with E-state index >= 15 is 0 Å². The van der Waals surface area contributed by atoms with Gasteiger partial charge in [-0.3, -0.25) is 9.98 Å². The summed E-state index contributed by atoms with van der Waals surface area (Å²) in [5.41, 5.74) is 1.99. The Morgan fingerprint density at radius 1 is 1.27 bits per heavy atom. The lowest BCUT2D eigenvalue weighted by Crippen LogP contribution is -2.35. The first-order chi connectivity index (χ1) is 12.6. The Balaban J connectivity index is 1.82. The number of aliphatic imine (C=N–C) groups is 1. The Morgan fingerprint density at radius 3 is 2.65 bits per heavy atom. The summed E-state index contributed by atoms with van der Waals surface area (Å²) in [5.74, 6) is 1.56. The van der Waals surface area contributed by atoms with Gasteiger partial charge in [0.1, 0.15) is 6.04 Å². The lowest BCUT2D eigenvalue weighted by Gasteiger charge is -2.32. The van der Waals surface area contributed by atoms with Crippen LogP contribution in [0.5, 0.6) is 5.75 Å². The fraction of sp³-hybridized carbons (Fsp3) is 0.368. The lowest BCUT2D eigenvalue weighted by atomic mass is 9.95. The lowest BCUT2D eigenvalue weighted by molar-refractivity contribution is 0.255. The van der Waals surface area contributed by atoms with Gasteiger partial charge < -0.3 is 9.64 Å². The van der Waals surface area contributed by atoms with Gasteiger partial charge in [-0.05, 0) is 36.2 Å². The van der Waals surface area contributed by atoms with Gasteiger partial charge >= 0.3 is 0 Å². The van der Waals surface area contributed by atoms with Crippen LogP contribution in [0.25, 0.3) is 0 Å². The zero-order chi connectivity index (χ0) is 18.3. The smallest absolute Gasteiger partial charge is 0.160 e. The summed E-state index contributed by atoms with van der Waals surface area (Å²) in [6.07, 6.45) is 2.88. The largest absolute Gasteiger partial charge is 0.494 e. The molecule has 0 radical (unpaired) electrons. The van der Waals surface area contributed by atoms with E-state index in [2.05, 4.69) is 16.8 Å². The zero-order valence-electron chi connectivity index (χ0n) is 14.5. The molecular formula is C19H19Cl2N3OS. The van der Waals surface area contributed by atoms with Gasteiger partial charge in [-0.25, -0.2) is 0 Å². The molecule has 26 heavy (non-hydrogen) atoms. The average molecular weight is 408 g/mol. The van der Waals surface area contributed by atoms with Crippen molar-refractivity contribution < 1.29 is 4.74 Å². The van der Waals surface area contributed by atoms with Crippen LogP contribution in [-0.2, 0) is 0 Å². The molecule has 0 spiro atoms. The number of fused-ring (bicyclic) bond motifs is 1. The molecule has 1 aromatic heterocycles. The minimum absolute atomic E-state index is 0.0285. The van der Waals surface area contributed by atoms with E-state index < -0.39 is 0 Å². The van der Waals surface area contributed by atoms with Crippen LogP contribution in [0.15, 0.2) is 41.5 Å². The van der Waals surface area contributed by atoms with Crippen LogP contribution in [-0.4, -0.2) is 34.0 Å². The molecule has 0 unspecified atom stereocenters. The van der Waals surface area contributed by atoms with Crippen LogP contribution in [0.1, 0.15) is 36.7 Å². The summed E-state index contributed by atoms with van der Waals surface area (Å²) in [4.78, 5) is 12.0. The highest BCUT2D eigenvalue weighted by molar-refractivity contribution is 8.14. The first-order valence-corrected chi connectivity index (χ1v) is 10.3.